The summed E-state index contributed by atoms with van der Waals surface area (Å²) in [5.74, 6) is 1.21. The maximum Gasteiger partial charge on any atom is 0.250 e. The van der Waals surface area contributed by atoms with E-state index in [9.17, 15) is 8.42 Å². The van der Waals surface area contributed by atoms with Crippen LogP contribution in [0.5, 0.6) is 0 Å². The number of rotatable bonds is 3. The van der Waals surface area contributed by atoms with E-state index in [2.05, 4.69) is 20.2 Å². The van der Waals surface area contributed by atoms with Gasteiger partial charge < -0.3 is 10.2 Å². The number of aromatic nitrogens is 2. The van der Waals surface area contributed by atoms with E-state index in [0.717, 1.165) is 32.2 Å². The van der Waals surface area contributed by atoms with Gasteiger partial charge in [-0.3, -0.25) is 0 Å². The van der Waals surface area contributed by atoms with Gasteiger partial charge in [0.2, 0.25) is 9.84 Å². The van der Waals surface area contributed by atoms with E-state index in [4.69, 9.17) is 0 Å². The smallest absolute Gasteiger partial charge is 0.250 e. The van der Waals surface area contributed by atoms with Gasteiger partial charge in [-0.15, -0.1) is 0 Å². The zero-order valence-electron chi connectivity index (χ0n) is 9.97. The summed E-state index contributed by atoms with van der Waals surface area (Å²) >= 11 is 0. The molecule has 1 saturated heterocycles. The molecule has 2 rings (SSSR count). The van der Waals surface area contributed by atoms with Crippen LogP contribution in [0, 0.1) is 0 Å². The molecule has 0 radical (unpaired) electrons. The van der Waals surface area contributed by atoms with Crippen LogP contribution in [0.2, 0.25) is 0 Å². The largest absolute Gasteiger partial charge is 0.373 e. The van der Waals surface area contributed by atoms with Crippen LogP contribution >= 0.6 is 0 Å². The van der Waals surface area contributed by atoms with E-state index < -0.39 is 9.84 Å². The van der Waals surface area contributed by atoms with Crippen molar-refractivity contribution in [1.29, 1.82) is 0 Å². The standard InChI is InChI=1S/C10H16N4O2S/c1-11-8-7-9(14-5-3-4-6-14)13-10(12-8)17(2,15)16/h7H,3-6H2,1-2H3,(H,11,12,13). The number of hydrogen-bond acceptors (Lipinski definition) is 6. The molecule has 1 fully saturated rings. The molecule has 1 aromatic heterocycles. The summed E-state index contributed by atoms with van der Waals surface area (Å²) in [7, 11) is -1.67. The van der Waals surface area contributed by atoms with Crippen LogP contribution in [0.1, 0.15) is 12.8 Å². The molecular formula is C10H16N4O2S. The van der Waals surface area contributed by atoms with Crippen molar-refractivity contribution < 1.29 is 8.42 Å². The Balaban J connectivity index is 2.45. The molecule has 0 spiro atoms. The quantitative estimate of drug-likeness (QED) is 0.795. The fourth-order valence-electron chi connectivity index (χ4n) is 1.81. The van der Waals surface area contributed by atoms with Gasteiger partial charge in [0.1, 0.15) is 11.6 Å². The highest BCUT2D eigenvalue weighted by atomic mass is 32.2. The van der Waals surface area contributed by atoms with Crippen LogP contribution in [-0.2, 0) is 9.84 Å². The summed E-state index contributed by atoms with van der Waals surface area (Å²) in [6.07, 6.45) is 3.36. The SMILES string of the molecule is CNc1cc(N2CCCC2)nc(S(C)(=O)=O)n1. The van der Waals surface area contributed by atoms with E-state index in [-0.39, 0.29) is 5.16 Å². The number of sulfone groups is 1. The molecule has 7 heteroatoms. The Bertz CT molecular complexity index is 509. The number of hydrogen-bond donors (Lipinski definition) is 1. The molecule has 0 bridgehead atoms. The molecule has 0 aromatic carbocycles. The molecular weight excluding hydrogens is 240 g/mol. The maximum absolute atomic E-state index is 11.5. The topological polar surface area (TPSA) is 75.2 Å². The molecule has 1 N–H and O–H groups in total. The van der Waals surface area contributed by atoms with Crippen molar-refractivity contribution in [3.05, 3.63) is 6.07 Å². The van der Waals surface area contributed by atoms with E-state index in [1.807, 2.05) is 0 Å². The number of anilines is 2. The Hall–Kier alpha value is -1.37. The van der Waals surface area contributed by atoms with Crippen molar-refractivity contribution in [1.82, 2.24) is 9.97 Å². The fourth-order valence-corrected chi connectivity index (χ4v) is 2.34. The van der Waals surface area contributed by atoms with Gasteiger partial charge in [0.05, 0.1) is 0 Å². The van der Waals surface area contributed by atoms with Gasteiger partial charge in [-0.2, -0.15) is 0 Å². The second-order valence-electron chi connectivity index (χ2n) is 4.11. The minimum atomic E-state index is -3.38. The summed E-state index contributed by atoms with van der Waals surface area (Å²) < 4.78 is 23.0. The normalized spacial score (nSPS) is 16.2. The highest BCUT2D eigenvalue weighted by Gasteiger charge is 2.19. The first-order chi connectivity index (χ1) is 8.00. The zero-order valence-corrected chi connectivity index (χ0v) is 10.8. The van der Waals surface area contributed by atoms with E-state index in [0.29, 0.717) is 11.6 Å². The molecule has 94 valence electrons. The van der Waals surface area contributed by atoms with Crippen molar-refractivity contribution in [2.24, 2.45) is 0 Å². The first kappa shape index (κ1) is 12.1. The summed E-state index contributed by atoms with van der Waals surface area (Å²) in [4.78, 5) is 10.2. The summed E-state index contributed by atoms with van der Waals surface area (Å²) in [5, 5.41) is 2.74. The van der Waals surface area contributed by atoms with Crippen LogP contribution in [0.15, 0.2) is 11.2 Å². The van der Waals surface area contributed by atoms with Gasteiger partial charge in [-0.25, -0.2) is 18.4 Å². The molecule has 6 nitrogen and oxygen atoms in total. The highest BCUT2D eigenvalue weighted by molar-refractivity contribution is 7.90. The van der Waals surface area contributed by atoms with Crippen LogP contribution in [-0.4, -0.2) is 44.8 Å². The van der Waals surface area contributed by atoms with Gasteiger partial charge in [0, 0.05) is 32.5 Å². The lowest BCUT2D eigenvalue weighted by molar-refractivity contribution is 0.593. The monoisotopic (exact) mass is 256 g/mol. The highest BCUT2D eigenvalue weighted by Crippen LogP contribution is 2.21. The molecule has 0 saturated carbocycles. The lowest BCUT2D eigenvalue weighted by Gasteiger charge is -2.17. The predicted octanol–water partition coefficient (Wildman–Crippen LogP) is 0.522. The molecule has 0 unspecified atom stereocenters. The number of nitrogens with zero attached hydrogens (tertiary/aromatic N) is 3. The summed E-state index contributed by atoms with van der Waals surface area (Å²) in [5.41, 5.74) is 0. The third kappa shape index (κ3) is 2.66. The number of nitrogens with one attached hydrogen (secondary N) is 1. The molecule has 1 aromatic rings. The third-order valence-corrected chi connectivity index (χ3v) is 3.56. The van der Waals surface area contributed by atoms with E-state index in [1.54, 1.807) is 13.1 Å². The van der Waals surface area contributed by atoms with Gasteiger partial charge in [0.25, 0.3) is 5.16 Å². The average Bonchev–Trinajstić information content (AvgIpc) is 2.80. The molecule has 0 atom stereocenters. The van der Waals surface area contributed by atoms with Crippen LogP contribution in [0.3, 0.4) is 0 Å². The maximum atomic E-state index is 11.5. The van der Waals surface area contributed by atoms with Crippen molar-refractivity contribution >= 4 is 21.5 Å². The van der Waals surface area contributed by atoms with Gasteiger partial charge in [-0.05, 0) is 12.8 Å². The van der Waals surface area contributed by atoms with Crippen molar-refractivity contribution in [3.8, 4) is 0 Å². The molecule has 2 heterocycles. The lowest BCUT2D eigenvalue weighted by atomic mass is 10.4. The molecule has 0 amide bonds. The molecule has 1 aliphatic rings. The van der Waals surface area contributed by atoms with Crippen molar-refractivity contribution in [2.45, 2.75) is 18.0 Å². The van der Waals surface area contributed by atoms with Gasteiger partial charge >= 0.3 is 0 Å². The minimum absolute atomic E-state index is 0.119. The Morgan fingerprint density at radius 2 is 1.94 bits per heavy atom. The second-order valence-corrected chi connectivity index (χ2v) is 6.02. The van der Waals surface area contributed by atoms with E-state index >= 15 is 0 Å². The van der Waals surface area contributed by atoms with Crippen molar-refractivity contribution in [2.75, 3.05) is 36.6 Å². The van der Waals surface area contributed by atoms with Crippen LogP contribution < -0.4 is 10.2 Å². The zero-order chi connectivity index (χ0) is 12.5. The Morgan fingerprint density at radius 3 is 2.47 bits per heavy atom. The van der Waals surface area contributed by atoms with Crippen LogP contribution in [0.4, 0.5) is 11.6 Å². The lowest BCUT2D eigenvalue weighted by Crippen LogP contribution is -2.21. The Kier molecular flexibility index (Phi) is 3.19. The van der Waals surface area contributed by atoms with Crippen LogP contribution in [0.25, 0.3) is 0 Å². The fraction of sp³-hybridized carbons (Fsp3) is 0.600. The molecule has 0 aliphatic carbocycles. The third-order valence-electron chi connectivity index (χ3n) is 2.71. The first-order valence-electron chi connectivity index (χ1n) is 5.52. The van der Waals surface area contributed by atoms with Crippen molar-refractivity contribution in [3.63, 3.8) is 0 Å². The average molecular weight is 256 g/mol. The summed E-state index contributed by atoms with van der Waals surface area (Å²) in [6, 6.07) is 1.78. The van der Waals surface area contributed by atoms with E-state index in [1.165, 1.54) is 0 Å². The minimum Gasteiger partial charge on any atom is -0.373 e. The second kappa shape index (κ2) is 4.48. The Morgan fingerprint density at radius 1 is 1.29 bits per heavy atom. The summed E-state index contributed by atoms with van der Waals surface area (Å²) in [6.45, 7) is 1.84. The Labute approximate surface area is 101 Å². The molecule has 1 aliphatic heterocycles. The van der Waals surface area contributed by atoms with Gasteiger partial charge in [0.15, 0.2) is 0 Å². The first-order valence-corrected chi connectivity index (χ1v) is 7.41. The predicted molar refractivity (Wildman–Crippen MR) is 66.1 cm³/mol. The van der Waals surface area contributed by atoms with Gasteiger partial charge in [-0.1, -0.05) is 0 Å². The molecule has 17 heavy (non-hydrogen) atoms.